The van der Waals surface area contributed by atoms with Crippen molar-refractivity contribution in [1.29, 1.82) is 0 Å². The van der Waals surface area contributed by atoms with Gasteiger partial charge in [-0.2, -0.15) is 0 Å². The summed E-state index contributed by atoms with van der Waals surface area (Å²) in [6.07, 6.45) is 0.111. The fourth-order valence-corrected chi connectivity index (χ4v) is 4.98. The van der Waals surface area contributed by atoms with Crippen molar-refractivity contribution >= 4 is 23.6 Å². The maximum Gasteiger partial charge on any atom is 0.408 e. The van der Waals surface area contributed by atoms with Crippen molar-refractivity contribution in [2.24, 2.45) is 0 Å². The second-order valence-corrected chi connectivity index (χ2v) is 12.8. The number of anilines is 1. The number of ether oxygens (including phenoxy) is 1. The number of carbonyl (C=O) groups excluding carboxylic acids is 3. The Morgan fingerprint density at radius 2 is 1.47 bits per heavy atom. The van der Waals surface area contributed by atoms with Crippen LogP contribution < -0.4 is 10.6 Å². The summed E-state index contributed by atoms with van der Waals surface area (Å²) in [4.78, 5) is 44.0. The lowest BCUT2D eigenvalue weighted by atomic mass is 9.89. The van der Waals surface area contributed by atoms with Crippen molar-refractivity contribution in [1.82, 2.24) is 10.2 Å². The van der Waals surface area contributed by atoms with Gasteiger partial charge in [-0.05, 0) is 90.1 Å². The number of carbonyl (C=O) groups is 3. The third kappa shape index (κ3) is 8.93. The zero-order valence-corrected chi connectivity index (χ0v) is 27.1. The zero-order chi connectivity index (χ0) is 31.9. The molecule has 7 nitrogen and oxygen atoms in total. The van der Waals surface area contributed by atoms with Crippen LogP contribution in [0.15, 0.2) is 72.8 Å². The van der Waals surface area contributed by atoms with Crippen LogP contribution in [0.4, 0.5) is 10.5 Å². The van der Waals surface area contributed by atoms with Crippen LogP contribution in [0.5, 0.6) is 0 Å². The molecular weight excluding hydrogens is 538 g/mol. The van der Waals surface area contributed by atoms with Gasteiger partial charge in [-0.1, -0.05) is 79.2 Å². The highest BCUT2D eigenvalue weighted by atomic mass is 16.6. The fourth-order valence-electron chi connectivity index (χ4n) is 4.98. The van der Waals surface area contributed by atoms with Crippen molar-refractivity contribution in [2.45, 2.75) is 98.4 Å². The van der Waals surface area contributed by atoms with Gasteiger partial charge < -0.3 is 20.3 Å². The van der Waals surface area contributed by atoms with Crippen molar-refractivity contribution < 1.29 is 19.1 Å². The van der Waals surface area contributed by atoms with E-state index in [1.165, 1.54) is 0 Å². The van der Waals surface area contributed by atoms with Gasteiger partial charge in [0.2, 0.25) is 5.91 Å². The van der Waals surface area contributed by atoms with Crippen molar-refractivity contribution in [3.05, 3.63) is 101 Å². The molecule has 3 amide bonds. The number of amides is 3. The lowest BCUT2D eigenvalue weighted by Gasteiger charge is -2.45. The minimum absolute atomic E-state index is 0.230. The molecule has 0 saturated heterocycles. The number of alkyl carbamates (subject to hydrolysis) is 1. The van der Waals surface area contributed by atoms with Gasteiger partial charge in [0.05, 0.1) is 0 Å². The molecule has 0 radical (unpaired) electrons. The molecule has 0 aliphatic heterocycles. The number of nitrogens with one attached hydrogen (secondary N) is 2. The Balaban J connectivity index is 2.19. The molecule has 0 heterocycles. The second-order valence-electron chi connectivity index (χ2n) is 12.8. The first kappa shape index (κ1) is 33.4. The Kier molecular flexibility index (Phi) is 10.8. The number of para-hydroxylation sites is 1. The van der Waals surface area contributed by atoms with Gasteiger partial charge in [0.15, 0.2) is 0 Å². The molecule has 0 bridgehead atoms. The maximum absolute atomic E-state index is 14.9. The van der Waals surface area contributed by atoms with Crippen LogP contribution in [0.2, 0.25) is 0 Å². The van der Waals surface area contributed by atoms with Crippen molar-refractivity contribution in [2.75, 3.05) is 5.32 Å². The molecule has 0 aromatic heterocycles. The topological polar surface area (TPSA) is 87.7 Å². The third-order valence-corrected chi connectivity index (χ3v) is 7.67. The average Bonchev–Trinajstić information content (AvgIpc) is 2.93. The first-order valence-electron chi connectivity index (χ1n) is 14.9. The normalized spacial score (nSPS) is 13.0. The molecule has 7 heteroatoms. The zero-order valence-electron chi connectivity index (χ0n) is 27.1. The third-order valence-electron chi connectivity index (χ3n) is 7.67. The Hall–Kier alpha value is -4.13. The van der Waals surface area contributed by atoms with E-state index in [0.717, 1.165) is 27.8 Å². The van der Waals surface area contributed by atoms with Crippen molar-refractivity contribution in [3.8, 4) is 0 Å². The summed E-state index contributed by atoms with van der Waals surface area (Å²) >= 11 is 0. The summed E-state index contributed by atoms with van der Waals surface area (Å²) in [5.41, 5.74) is 3.56. The van der Waals surface area contributed by atoms with Crippen LogP contribution in [0.1, 0.15) is 81.8 Å². The summed E-state index contributed by atoms with van der Waals surface area (Å²) in [5, 5.41) is 5.95. The maximum atomic E-state index is 14.9. The van der Waals surface area contributed by atoms with Gasteiger partial charge >= 0.3 is 6.09 Å². The van der Waals surface area contributed by atoms with E-state index in [1.54, 1.807) is 25.7 Å². The molecule has 2 N–H and O–H groups in total. The quantitative estimate of drug-likeness (QED) is 0.259. The van der Waals surface area contributed by atoms with E-state index in [-0.39, 0.29) is 18.2 Å². The van der Waals surface area contributed by atoms with E-state index in [0.29, 0.717) is 12.1 Å². The second kappa shape index (κ2) is 13.9. The Morgan fingerprint density at radius 1 is 0.837 bits per heavy atom. The van der Waals surface area contributed by atoms with Gasteiger partial charge in [-0.3, -0.25) is 9.59 Å². The molecule has 2 unspecified atom stereocenters. The number of benzene rings is 3. The van der Waals surface area contributed by atoms with Gasteiger partial charge in [-0.25, -0.2) is 4.79 Å². The number of hydrogen-bond donors (Lipinski definition) is 2. The molecule has 0 aliphatic carbocycles. The van der Waals surface area contributed by atoms with E-state index in [2.05, 4.69) is 10.6 Å². The highest BCUT2D eigenvalue weighted by Gasteiger charge is 2.43. The first-order chi connectivity index (χ1) is 20.1. The van der Waals surface area contributed by atoms with Crippen LogP contribution in [0, 0.1) is 20.8 Å². The van der Waals surface area contributed by atoms with Gasteiger partial charge in [-0.15, -0.1) is 0 Å². The smallest absolute Gasteiger partial charge is 0.408 e. The van der Waals surface area contributed by atoms with E-state index in [4.69, 9.17) is 4.74 Å². The van der Waals surface area contributed by atoms with Crippen LogP contribution in [0.3, 0.4) is 0 Å². The summed E-state index contributed by atoms with van der Waals surface area (Å²) in [7, 11) is 0. The lowest BCUT2D eigenvalue weighted by molar-refractivity contribution is -0.147. The monoisotopic (exact) mass is 585 g/mol. The van der Waals surface area contributed by atoms with E-state index in [1.807, 2.05) is 114 Å². The highest BCUT2D eigenvalue weighted by Crippen LogP contribution is 2.35. The first-order valence-corrected chi connectivity index (χ1v) is 14.9. The number of nitrogens with zero attached hydrogens (tertiary/aromatic N) is 1. The Labute approximate surface area is 257 Å². The van der Waals surface area contributed by atoms with Crippen molar-refractivity contribution in [3.63, 3.8) is 0 Å². The van der Waals surface area contributed by atoms with Gasteiger partial charge in [0.1, 0.15) is 17.7 Å². The number of rotatable bonds is 10. The van der Waals surface area contributed by atoms with Gasteiger partial charge in [0, 0.05) is 17.6 Å². The number of aryl methyl sites for hydroxylation is 3. The van der Waals surface area contributed by atoms with Crippen LogP contribution >= 0.6 is 0 Å². The molecule has 2 atom stereocenters. The predicted molar refractivity (Wildman–Crippen MR) is 173 cm³/mol. The number of hydrogen-bond acceptors (Lipinski definition) is 4. The Bertz CT molecular complexity index is 1430. The average molecular weight is 586 g/mol. The van der Waals surface area contributed by atoms with Crippen LogP contribution in [-0.4, -0.2) is 40.0 Å². The largest absolute Gasteiger partial charge is 0.444 e. The Morgan fingerprint density at radius 3 is 2.07 bits per heavy atom. The molecule has 3 aromatic carbocycles. The van der Waals surface area contributed by atoms with E-state index < -0.39 is 29.3 Å². The summed E-state index contributed by atoms with van der Waals surface area (Å²) < 4.78 is 5.57. The fraction of sp³-hybridized carbons (Fsp3) is 0.417. The summed E-state index contributed by atoms with van der Waals surface area (Å²) in [6, 6.07) is 21.1. The van der Waals surface area contributed by atoms with E-state index >= 15 is 0 Å². The molecule has 0 aliphatic rings. The molecule has 43 heavy (non-hydrogen) atoms. The molecule has 3 aromatic rings. The molecule has 230 valence electrons. The summed E-state index contributed by atoms with van der Waals surface area (Å²) in [5.74, 6) is -0.694. The van der Waals surface area contributed by atoms with Crippen LogP contribution in [-0.2, 0) is 20.7 Å². The lowest BCUT2D eigenvalue weighted by Crippen LogP contribution is -2.59. The minimum Gasteiger partial charge on any atom is -0.444 e. The molecule has 0 saturated carbocycles. The van der Waals surface area contributed by atoms with Crippen LogP contribution in [0.25, 0.3) is 0 Å². The molecule has 0 spiro atoms. The summed E-state index contributed by atoms with van der Waals surface area (Å²) in [6.45, 7) is 17.1. The van der Waals surface area contributed by atoms with Gasteiger partial charge in [0.25, 0.3) is 5.91 Å². The predicted octanol–water partition coefficient (Wildman–Crippen LogP) is 7.44. The molecular formula is C36H47N3O4. The highest BCUT2D eigenvalue weighted by molar-refractivity contribution is 6.00. The van der Waals surface area contributed by atoms with E-state index in [9.17, 15) is 14.4 Å². The molecule has 0 fully saturated rings. The molecule has 3 rings (SSSR count). The standard InChI is InChI=1S/C36H47N3O4/c1-10-36(8,9)39(33(41)30(23-27-17-12-11-13-18-27)38-34(42)43-35(5,6)7)31(28-22-24(2)20-21-25(28)3)32(40)37-29-19-15-14-16-26(29)4/h11-22,30-31H,10,23H2,1-9H3,(H,37,40)(H,38,42). The SMILES string of the molecule is CCC(C)(C)N(C(=O)C(Cc1ccccc1)NC(=O)OC(C)(C)C)C(C(=O)Nc1ccccc1C)c1cc(C)ccc1C. The minimum atomic E-state index is -0.984.